The van der Waals surface area contributed by atoms with E-state index in [1.54, 1.807) is 29.2 Å². The highest BCUT2D eigenvalue weighted by Crippen LogP contribution is 2.31. The van der Waals surface area contributed by atoms with Gasteiger partial charge in [0.15, 0.2) is 5.78 Å². The molecule has 0 spiro atoms. The van der Waals surface area contributed by atoms with Crippen molar-refractivity contribution in [3.63, 3.8) is 0 Å². The first-order chi connectivity index (χ1) is 15.8. The molecule has 5 rings (SSSR count). The first-order valence-electron chi connectivity index (χ1n) is 10.6. The molecule has 0 radical (unpaired) electrons. The summed E-state index contributed by atoms with van der Waals surface area (Å²) in [5.74, 6) is -2.31. The van der Waals surface area contributed by atoms with E-state index in [0.29, 0.717) is 37.2 Å². The van der Waals surface area contributed by atoms with Crippen LogP contribution in [-0.2, 0) is 11.2 Å². The van der Waals surface area contributed by atoms with E-state index in [4.69, 9.17) is 0 Å². The van der Waals surface area contributed by atoms with Gasteiger partial charge in [0.1, 0.15) is 23.0 Å². The Labute approximate surface area is 188 Å². The molecule has 9 heteroatoms. The van der Waals surface area contributed by atoms with E-state index in [-0.39, 0.29) is 28.8 Å². The summed E-state index contributed by atoms with van der Waals surface area (Å²) in [7, 11) is 0. The third-order valence-corrected chi connectivity index (χ3v) is 5.99. The maximum atomic E-state index is 13.9. The van der Waals surface area contributed by atoms with Crippen molar-refractivity contribution in [1.29, 1.82) is 0 Å². The number of rotatable bonds is 4. The molecule has 1 aromatic heterocycles. The largest absolute Gasteiger partial charge is 0.312 e. The molecule has 2 aliphatic heterocycles. The summed E-state index contributed by atoms with van der Waals surface area (Å²) in [6.07, 6.45) is 1.70. The highest BCUT2D eigenvalue weighted by Gasteiger charge is 2.34. The Morgan fingerprint density at radius 1 is 0.879 bits per heavy atom. The van der Waals surface area contributed by atoms with Gasteiger partial charge in [-0.25, -0.2) is 13.5 Å². The lowest BCUT2D eigenvalue weighted by atomic mass is 10.0. The Kier molecular flexibility index (Phi) is 5.03. The van der Waals surface area contributed by atoms with Gasteiger partial charge < -0.3 is 9.80 Å². The van der Waals surface area contributed by atoms with Gasteiger partial charge in [0, 0.05) is 49.4 Å². The maximum Gasteiger partial charge on any atom is 0.277 e. The minimum absolute atomic E-state index is 0.0225. The number of hydrogen-bond donors (Lipinski definition) is 0. The van der Waals surface area contributed by atoms with Crippen LogP contribution in [0.15, 0.2) is 42.5 Å². The van der Waals surface area contributed by atoms with Crippen molar-refractivity contribution >= 4 is 29.0 Å². The van der Waals surface area contributed by atoms with Crippen LogP contribution in [0.25, 0.3) is 5.69 Å². The molecule has 1 saturated heterocycles. The summed E-state index contributed by atoms with van der Waals surface area (Å²) in [6, 6.07) is 9.97. The molecule has 0 N–H and O–H groups in total. The van der Waals surface area contributed by atoms with E-state index in [2.05, 4.69) is 5.10 Å². The molecule has 168 valence electrons. The van der Waals surface area contributed by atoms with Gasteiger partial charge in [-0.05, 0) is 49.2 Å². The average molecular weight is 450 g/mol. The van der Waals surface area contributed by atoms with E-state index in [1.807, 2.05) is 0 Å². The maximum absolute atomic E-state index is 13.9. The molecule has 0 unspecified atom stereocenters. The molecule has 33 heavy (non-hydrogen) atoms. The summed E-state index contributed by atoms with van der Waals surface area (Å²) >= 11 is 0. The fraction of sp³-hybridized carbons (Fsp3) is 0.250. The number of carbonyl (C=O) groups excluding carboxylic acids is 3. The molecule has 0 atom stereocenters. The van der Waals surface area contributed by atoms with E-state index in [0.717, 1.165) is 35.0 Å². The van der Waals surface area contributed by atoms with Crippen LogP contribution < -0.4 is 9.80 Å². The van der Waals surface area contributed by atoms with Gasteiger partial charge in [0.05, 0.1) is 5.69 Å². The smallest absolute Gasteiger partial charge is 0.277 e. The predicted molar refractivity (Wildman–Crippen MR) is 117 cm³/mol. The number of aromatic nitrogens is 2. The first-order valence-corrected chi connectivity index (χ1v) is 10.6. The zero-order chi connectivity index (χ0) is 23.3. The number of Topliss-reactive ketones (excluding diaryl/α,β-unsaturated/α-hetero) is 1. The zero-order valence-corrected chi connectivity index (χ0v) is 17.8. The van der Waals surface area contributed by atoms with Crippen LogP contribution in [0.2, 0.25) is 0 Å². The minimum Gasteiger partial charge on any atom is -0.312 e. The number of amides is 2. The SMILES string of the molecule is CC(=O)c1nn(-c2cc(F)cc(F)c2)c2c1CCN(c1ccc(N3CCCC3=O)cc1)C2=O. The van der Waals surface area contributed by atoms with Crippen LogP contribution in [0, 0.1) is 11.6 Å². The standard InChI is InChI=1S/C24H20F2N4O3/c1-14(31)22-20-8-10-29(18-6-4-17(5-7-18)28-9-2-3-21(28)32)24(33)23(20)30(27-22)19-12-15(25)11-16(26)13-19/h4-7,11-13H,2-3,8-10H2,1H3. The second-order valence-corrected chi connectivity index (χ2v) is 8.14. The molecule has 7 nitrogen and oxygen atoms in total. The van der Waals surface area contributed by atoms with Crippen molar-refractivity contribution in [3.05, 3.63) is 71.1 Å². The molecule has 2 aliphatic rings. The number of hydrogen-bond acceptors (Lipinski definition) is 4. The fourth-order valence-electron chi connectivity index (χ4n) is 4.47. The van der Waals surface area contributed by atoms with E-state index >= 15 is 0 Å². The molecule has 0 aliphatic carbocycles. The normalized spacial score (nSPS) is 15.8. The molecular formula is C24H20F2N4O3. The van der Waals surface area contributed by atoms with E-state index < -0.39 is 17.5 Å². The average Bonchev–Trinajstić information content (AvgIpc) is 3.38. The molecule has 0 saturated carbocycles. The van der Waals surface area contributed by atoms with Crippen LogP contribution >= 0.6 is 0 Å². The van der Waals surface area contributed by atoms with Crippen LogP contribution in [0.3, 0.4) is 0 Å². The number of nitrogens with zero attached hydrogens (tertiary/aromatic N) is 4. The molecule has 2 aromatic carbocycles. The van der Waals surface area contributed by atoms with Crippen molar-refractivity contribution in [2.75, 3.05) is 22.9 Å². The Bertz CT molecular complexity index is 1280. The highest BCUT2D eigenvalue weighted by molar-refractivity contribution is 6.09. The summed E-state index contributed by atoms with van der Waals surface area (Å²) in [5, 5.41) is 4.24. The lowest BCUT2D eigenvalue weighted by Crippen LogP contribution is -2.39. The third kappa shape index (κ3) is 3.59. The molecule has 1 fully saturated rings. The molecule has 0 bridgehead atoms. The number of benzene rings is 2. The van der Waals surface area contributed by atoms with Gasteiger partial charge >= 0.3 is 0 Å². The Balaban J connectivity index is 1.54. The number of ketones is 1. The molecular weight excluding hydrogens is 430 g/mol. The van der Waals surface area contributed by atoms with Crippen molar-refractivity contribution in [1.82, 2.24) is 9.78 Å². The number of anilines is 2. The van der Waals surface area contributed by atoms with Crippen LogP contribution in [0.4, 0.5) is 20.2 Å². The van der Waals surface area contributed by atoms with Crippen molar-refractivity contribution in [3.8, 4) is 5.69 Å². The second-order valence-electron chi connectivity index (χ2n) is 8.14. The predicted octanol–water partition coefficient (Wildman–Crippen LogP) is 3.68. The van der Waals surface area contributed by atoms with Gasteiger partial charge in [0.25, 0.3) is 5.91 Å². The number of carbonyl (C=O) groups is 3. The zero-order valence-electron chi connectivity index (χ0n) is 17.8. The van der Waals surface area contributed by atoms with Crippen molar-refractivity contribution in [2.45, 2.75) is 26.2 Å². The van der Waals surface area contributed by atoms with Gasteiger partial charge in [-0.1, -0.05) is 0 Å². The van der Waals surface area contributed by atoms with Gasteiger partial charge in [-0.2, -0.15) is 5.10 Å². The summed E-state index contributed by atoms with van der Waals surface area (Å²) in [5.41, 5.74) is 2.09. The Morgan fingerprint density at radius 3 is 2.09 bits per heavy atom. The monoisotopic (exact) mass is 450 g/mol. The highest BCUT2D eigenvalue weighted by atomic mass is 19.1. The van der Waals surface area contributed by atoms with Crippen LogP contribution in [-0.4, -0.2) is 40.5 Å². The van der Waals surface area contributed by atoms with Crippen LogP contribution in [0.5, 0.6) is 0 Å². The van der Waals surface area contributed by atoms with Gasteiger partial charge in [0.2, 0.25) is 5.91 Å². The Hall–Kier alpha value is -3.88. The summed E-state index contributed by atoms with van der Waals surface area (Å²) < 4.78 is 28.9. The molecule has 3 heterocycles. The number of fused-ring (bicyclic) bond motifs is 1. The third-order valence-electron chi connectivity index (χ3n) is 5.99. The van der Waals surface area contributed by atoms with E-state index in [1.165, 1.54) is 11.8 Å². The van der Waals surface area contributed by atoms with Gasteiger partial charge in [-0.3, -0.25) is 14.4 Å². The van der Waals surface area contributed by atoms with Crippen molar-refractivity contribution < 1.29 is 23.2 Å². The second kappa shape index (κ2) is 7.91. The van der Waals surface area contributed by atoms with E-state index in [9.17, 15) is 23.2 Å². The fourth-order valence-corrected chi connectivity index (χ4v) is 4.47. The molecule has 2 amide bonds. The minimum atomic E-state index is -0.814. The summed E-state index contributed by atoms with van der Waals surface area (Å²) in [6.45, 7) is 2.33. The summed E-state index contributed by atoms with van der Waals surface area (Å²) in [4.78, 5) is 40.9. The first kappa shape index (κ1) is 21.0. The lowest BCUT2D eigenvalue weighted by Gasteiger charge is -2.28. The Morgan fingerprint density at radius 2 is 1.52 bits per heavy atom. The topological polar surface area (TPSA) is 75.5 Å². The number of halogens is 2. The van der Waals surface area contributed by atoms with Crippen LogP contribution in [0.1, 0.15) is 46.3 Å². The quantitative estimate of drug-likeness (QED) is 0.569. The lowest BCUT2D eigenvalue weighted by molar-refractivity contribution is -0.117. The molecule has 3 aromatic rings. The van der Waals surface area contributed by atoms with Gasteiger partial charge in [-0.15, -0.1) is 0 Å². The van der Waals surface area contributed by atoms with Crippen molar-refractivity contribution in [2.24, 2.45) is 0 Å².